The number of benzene rings is 3. The molecule has 3 aliphatic carbocycles. The number of likely N-dealkylation sites (tertiary alicyclic amines) is 2. The molecule has 3 amide bonds. The second-order valence-corrected chi connectivity index (χ2v) is 19.7. The third-order valence-electron chi connectivity index (χ3n) is 15.5. The van der Waals surface area contributed by atoms with Crippen LogP contribution in [0.1, 0.15) is 113 Å². The van der Waals surface area contributed by atoms with Gasteiger partial charge in [-0.1, -0.05) is 70.2 Å². The van der Waals surface area contributed by atoms with E-state index in [0.717, 1.165) is 59.7 Å². The molecule has 13 heteroatoms. The van der Waals surface area contributed by atoms with Crippen molar-refractivity contribution in [3.63, 3.8) is 0 Å². The van der Waals surface area contributed by atoms with Crippen molar-refractivity contribution >= 4 is 29.1 Å². The fourth-order valence-corrected chi connectivity index (χ4v) is 11.9. The highest BCUT2D eigenvalue weighted by atomic mass is 16.5. The first-order chi connectivity index (χ1) is 31.0. The van der Waals surface area contributed by atoms with E-state index in [1.807, 2.05) is 24.9 Å². The monoisotopic (exact) mass is 866 g/mol. The van der Waals surface area contributed by atoms with Gasteiger partial charge in [-0.05, 0) is 132 Å². The van der Waals surface area contributed by atoms with Gasteiger partial charge in [0.25, 0.3) is 0 Å². The number of alkyl carbamates (subject to hydrolysis) is 2. The summed E-state index contributed by atoms with van der Waals surface area (Å²) < 4.78 is 9.79. The van der Waals surface area contributed by atoms with E-state index < -0.39 is 12.1 Å². The molecule has 2 saturated carbocycles. The molecule has 8 atom stereocenters. The maximum absolute atomic E-state index is 13.8. The zero-order valence-corrected chi connectivity index (χ0v) is 37.9. The second-order valence-electron chi connectivity index (χ2n) is 19.7. The largest absolute Gasteiger partial charge is 0.453 e. The minimum atomic E-state index is -0.676. The molecule has 4 fully saturated rings. The van der Waals surface area contributed by atoms with Gasteiger partial charge in [-0.25, -0.2) is 19.6 Å². The predicted molar refractivity (Wildman–Crippen MR) is 246 cm³/mol. The van der Waals surface area contributed by atoms with Crippen molar-refractivity contribution in [3.8, 4) is 33.5 Å². The number of H-pyrrole nitrogens is 2. The molecular formula is C51H62N8O5. The first-order valence-corrected chi connectivity index (χ1v) is 23.6. The van der Waals surface area contributed by atoms with Crippen LogP contribution < -0.4 is 10.6 Å². The van der Waals surface area contributed by atoms with Gasteiger partial charge in [0.15, 0.2) is 0 Å². The summed E-state index contributed by atoms with van der Waals surface area (Å²) >= 11 is 0. The fraction of sp³-hybridized carbons (Fsp3) is 0.510. The molecular weight excluding hydrogens is 805 g/mol. The van der Waals surface area contributed by atoms with E-state index in [1.165, 1.54) is 79.7 Å². The van der Waals surface area contributed by atoms with Crippen LogP contribution in [0.2, 0.25) is 0 Å². The Kier molecular flexibility index (Phi) is 11.2. The molecule has 2 saturated heterocycles. The van der Waals surface area contributed by atoms with Crippen LogP contribution in [0, 0.1) is 23.7 Å². The van der Waals surface area contributed by atoms with Gasteiger partial charge in [0, 0.05) is 25.2 Å². The number of aromatic nitrogens is 4. The molecule has 10 rings (SSSR count). The molecule has 5 aromatic rings. The molecule has 0 spiro atoms. The summed E-state index contributed by atoms with van der Waals surface area (Å²) in [5.74, 6) is 3.68. The lowest BCUT2D eigenvalue weighted by Gasteiger charge is -2.37. The second kappa shape index (κ2) is 17.0. The van der Waals surface area contributed by atoms with E-state index in [-0.39, 0.29) is 42.0 Å². The first kappa shape index (κ1) is 42.3. The average molecular weight is 867 g/mol. The number of imidazole rings is 2. The number of ether oxygens (including phenoxy) is 2. The zero-order valence-electron chi connectivity index (χ0n) is 37.9. The summed E-state index contributed by atoms with van der Waals surface area (Å²) in [6.07, 6.45) is 9.84. The average Bonchev–Trinajstić information content (AvgIpc) is 4.16. The van der Waals surface area contributed by atoms with Crippen LogP contribution >= 0.6 is 0 Å². The maximum Gasteiger partial charge on any atom is 0.407 e. The topological polar surface area (TPSA) is 158 Å². The summed E-state index contributed by atoms with van der Waals surface area (Å²) in [5.41, 5.74) is 12.0. The number of aromatic amines is 2. The van der Waals surface area contributed by atoms with Crippen LogP contribution in [-0.2, 0) is 20.7 Å². The highest BCUT2D eigenvalue weighted by Crippen LogP contribution is 2.56. The third-order valence-corrected chi connectivity index (χ3v) is 15.5. The summed E-state index contributed by atoms with van der Waals surface area (Å²) in [7, 11) is 2.74. The molecule has 4 N–H and O–H groups in total. The zero-order chi connectivity index (χ0) is 44.4. The molecule has 13 nitrogen and oxygen atoms in total. The molecule has 0 radical (unpaired) electrons. The highest BCUT2D eigenvalue weighted by Gasteiger charge is 2.49. The van der Waals surface area contributed by atoms with E-state index in [9.17, 15) is 14.4 Å². The summed E-state index contributed by atoms with van der Waals surface area (Å²) in [6, 6.07) is 20.0. The number of nitrogens with one attached hydrogen (secondary N) is 4. The lowest BCUT2D eigenvalue weighted by molar-refractivity contribution is -0.135. The lowest BCUT2D eigenvalue weighted by Crippen LogP contribution is -2.51. The van der Waals surface area contributed by atoms with Crippen molar-refractivity contribution in [2.24, 2.45) is 23.7 Å². The fourth-order valence-electron chi connectivity index (χ4n) is 11.9. The van der Waals surface area contributed by atoms with Gasteiger partial charge >= 0.3 is 12.2 Å². The van der Waals surface area contributed by atoms with Gasteiger partial charge in [0.05, 0.1) is 49.2 Å². The SMILES string of the molecule is COC(=O)NC(CN1C2CCC(C2)C1c1ncc(-c2ccc(-c3ccc(-c4ccc5nc(C6CCCN6C(=O)C(NC(=O)OC)C(C)C)[nH]c5c4)c4c3CC3CCC43)cc2)[nH]1)C(C)C. The number of hydrogen-bond acceptors (Lipinski definition) is 8. The van der Waals surface area contributed by atoms with Crippen molar-refractivity contribution in [2.75, 3.05) is 27.3 Å². The van der Waals surface area contributed by atoms with Crippen molar-refractivity contribution in [1.29, 1.82) is 0 Å². The number of fused-ring (bicyclic) bond motifs is 6. The van der Waals surface area contributed by atoms with Crippen molar-refractivity contribution in [1.82, 2.24) is 40.4 Å². The van der Waals surface area contributed by atoms with Crippen molar-refractivity contribution in [2.45, 2.75) is 115 Å². The predicted octanol–water partition coefficient (Wildman–Crippen LogP) is 9.29. The van der Waals surface area contributed by atoms with Gasteiger partial charge in [-0.2, -0.15) is 0 Å². The number of nitrogens with zero attached hydrogens (tertiary/aromatic N) is 4. The van der Waals surface area contributed by atoms with E-state index in [1.54, 1.807) is 0 Å². The molecule has 2 bridgehead atoms. The van der Waals surface area contributed by atoms with E-state index >= 15 is 0 Å². The molecule has 2 aromatic heterocycles. The normalized spacial score (nSPS) is 24.5. The van der Waals surface area contributed by atoms with Crippen LogP contribution in [0.5, 0.6) is 0 Å². The standard InChI is InChI=1S/C51H62N8O5/c1-27(2)42(56-50(61)63-5)26-59-34-16-13-33(22-34)46(59)48-52-25-41(55-48)30-11-9-29(10-12-30)35-18-19-37(44-36-17-14-31(36)23-38(35)44)32-15-20-39-40(24-32)54-47(53-39)43-8-7-21-58(43)49(60)45(28(3)4)57-51(62)64-6/h9-12,15,18-20,24-25,27-28,31,33-34,36,42-43,45-46H,7-8,13-14,16-17,21-23,26H2,1-6H3,(H,52,55)(H,53,54)(H,56,61)(H,57,62). The lowest BCUT2D eigenvalue weighted by atomic mass is 9.73. The Labute approximate surface area is 375 Å². The molecule has 64 heavy (non-hydrogen) atoms. The van der Waals surface area contributed by atoms with Crippen LogP contribution in [0.3, 0.4) is 0 Å². The van der Waals surface area contributed by atoms with Crippen LogP contribution in [0.25, 0.3) is 44.5 Å². The number of piperidine rings is 1. The molecule has 5 aliphatic rings. The minimum absolute atomic E-state index is 0.00755. The van der Waals surface area contributed by atoms with Gasteiger partial charge in [-0.3, -0.25) is 9.69 Å². The van der Waals surface area contributed by atoms with Crippen LogP contribution in [0.4, 0.5) is 9.59 Å². The molecule has 8 unspecified atom stereocenters. The molecule has 4 heterocycles. The number of carbonyl (C=O) groups excluding carboxylic acids is 3. The van der Waals surface area contributed by atoms with E-state index in [2.05, 4.69) is 93.9 Å². The molecule has 3 aromatic carbocycles. The Hall–Kier alpha value is -5.69. The molecule has 336 valence electrons. The van der Waals surface area contributed by atoms with E-state index in [4.69, 9.17) is 19.4 Å². The smallest absolute Gasteiger partial charge is 0.407 e. The Morgan fingerprint density at radius 2 is 1.53 bits per heavy atom. The Bertz CT molecular complexity index is 2560. The van der Waals surface area contributed by atoms with Crippen molar-refractivity contribution in [3.05, 3.63) is 83.6 Å². The van der Waals surface area contributed by atoms with Gasteiger partial charge in [0.1, 0.15) is 17.7 Å². The van der Waals surface area contributed by atoms with Gasteiger partial charge < -0.3 is 35.0 Å². The Balaban J connectivity index is 0.887. The van der Waals surface area contributed by atoms with Gasteiger partial charge in [0.2, 0.25) is 5.91 Å². The summed E-state index contributed by atoms with van der Waals surface area (Å²) in [4.78, 5) is 59.9. The number of rotatable bonds is 12. The first-order valence-electron chi connectivity index (χ1n) is 23.6. The van der Waals surface area contributed by atoms with Crippen LogP contribution in [-0.4, -0.2) is 93.3 Å². The third kappa shape index (κ3) is 7.52. The highest BCUT2D eigenvalue weighted by molar-refractivity contribution is 5.88. The Morgan fingerprint density at radius 1 is 0.797 bits per heavy atom. The summed E-state index contributed by atoms with van der Waals surface area (Å²) in [6.45, 7) is 9.55. The number of methoxy groups -OCH3 is 2. The Morgan fingerprint density at radius 3 is 2.27 bits per heavy atom. The number of amides is 3. The quantitative estimate of drug-likeness (QED) is 0.0967. The van der Waals surface area contributed by atoms with E-state index in [0.29, 0.717) is 30.3 Å². The minimum Gasteiger partial charge on any atom is -0.453 e. The van der Waals surface area contributed by atoms with Gasteiger partial charge in [-0.15, -0.1) is 0 Å². The summed E-state index contributed by atoms with van der Waals surface area (Å²) in [5, 5.41) is 5.83. The number of hydrogen-bond donors (Lipinski definition) is 4. The van der Waals surface area contributed by atoms with Crippen molar-refractivity contribution < 1.29 is 23.9 Å². The maximum atomic E-state index is 13.8. The van der Waals surface area contributed by atoms with Crippen LogP contribution in [0.15, 0.2) is 60.8 Å². The number of carbonyl (C=O) groups is 3. The molecule has 2 aliphatic heterocycles.